The van der Waals surface area contributed by atoms with Crippen molar-refractivity contribution in [2.75, 3.05) is 6.61 Å². The molecule has 0 aromatic heterocycles. The lowest BCUT2D eigenvalue weighted by Crippen LogP contribution is -2.69. The van der Waals surface area contributed by atoms with Crippen LogP contribution in [0.4, 0.5) is 0 Å². The molecular formula is C29H42O10. The number of rotatable bonds is 4. The molecule has 218 valence electrons. The molecule has 10 nitrogen and oxygen atoms in total. The fraction of sp³-hybridized carbons (Fsp3) is 0.862. The SMILES string of the molecule is C[C@H]1O[C@@H](O[C@H]2CC[C@]3(C=O)[C@H]4CC[C@]5(C)[C@@H](C6=CC(=O)OC6)CC[C@]5(O)[C@@H]4CC[C@]3(O)C2)[C@H](O)[C@H](O)[C@H]1O. The number of hydrogen-bond donors (Lipinski definition) is 5. The minimum absolute atomic E-state index is 0.0465. The Morgan fingerprint density at radius 3 is 2.41 bits per heavy atom. The third-order valence-electron chi connectivity index (χ3n) is 12.0. The van der Waals surface area contributed by atoms with Crippen LogP contribution in [-0.4, -0.2) is 92.4 Å². The maximum absolute atomic E-state index is 13.0. The van der Waals surface area contributed by atoms with E-state index in [0.29, 0.717) is 44.9 Å². The number of aliphatic hydroxyl groups excluding tert-OH is 3. The third kappa shape index (κ3) is 3.78. The zero-order valence-electron chi connectivity index (χ0n) is 22.7. The van der Waals surface area contributed by atoms with E-state index < -0.39 is 58.8 Å². The molecule has 4 aliphatic carbocycles. The van der Waals surface area contributed by atoms with Crippen molar-refractivity contribution >= 4 is 12.3 Å². The number of ether oxygens (including phenoxy) is 3. The van der Waals surface area contributed by atoms with Gasteiger partial charge in [0, 0.05) is 17.9 Å². The number of aliphatic hydroxyl groups is 5. The van der Waals surface area contributed by atoms with Gasteiger partial charge in [0.2, 0.25) is 0 Å². The van der Waals surface area contributed by atoms with Crippen molar-refractivity contribution in [2.45, 2.75) is 120 Å². The summed E-state index contributed by atoms with van der Waals surface area (Å²) in [6, 6.07) is 0. The first-order valence-electron chi connectivity index (χ1n) is 14.5. The van der Waals surface area contributed by atoms with E-state index in [1.54, 1.807) is 13.0 Å². The molecule has 0 aromatic carbocycles. The highest BCUT2D eigenvalue weighted by atomic mass is 16.7. The molecule has 39 heavy (non-hydrogen) atoms. The normalized spacial score (nSPS) is 55.2. The first-order chi connectivity index (χ1) is 18.4. The van der Waals surface area contributed by atoms with Gasteiger partial charge in [0.1, 0.15) is 31.2 Å². The molecule has 6 rings (SSSR count). The molecule has 5 N–H and O–H groups in total. The zero-order valence-corrected chi connectivity index (χ0v) is 22.7. The van der Waals surface area contributed by atoms with Crippen LogP contribution < -0.4 is 0 Å². The highest BCUT2D eigenvalue weighted by Gasteiger charge is 2.71. The number of fused-ring (bicyclic) bond motifs is 5. The summed E-state index contributed by atoms with van der Waals surface area (Å²) in [5.41, 5.74) is -2.86. The van der Waals surface area contributed by atoms with Gasteiger partial charge in [-0.15, -0.1) is 0 Å². The van der Waals surface area contributed by atoms with E-state index in [1.807, 2.05) is 0 Å². The van der Waals surface area contributed by atoms with E-state index >= 15 is 0 Å². The van der Waals surface area contributed by atoms with Crippen LogP contribution in [0.25, 0.3) is 0 Å². The van der Waals surface area contributed by atoms with Crippen LogP contribution in [0.2, 0.25) is 0 Å². The summed E-state index contributed by atoms with van der Waals surface area (Å²) in [6.07, 6.45) is 0.689. The standard InChI is InChI=1S/C29H42O10/c1-15-22(32)23(33)24(34)25(38-15)39-17-3-8-27(14-30)19-4-7-26(2)18(16-11-21(31)37-13-16)6-10-29(26,36)20(19)5-9-28(27,35)12-17/h11,14-15,17-20,22-25,32-36H,3-10,12-13H2,1-2H3/t15-,17+,18-,19+,20-,22+,23-,24-,25+,26-,27+,28+,29+/m1/s1. The lowest BCUT2D eigenvalue weighted by atomic mass is 9.41. The number of carbonyl (C=O) groups is 2. The molecule has 0 amide bonds. The molecule has 0 spiro atoms. The lowest BCUT2D eigenvalue weighted by molar-refractivity contribution is -0.317. The van der Waals surface area contributed by atoms with Crippen molar-refractivity contribution in [3.8, 4) is 0 Å². The zero-order chi connectivity index (χ0) is 28.0. The fourth-order valence-corrected chi connectivity index (χ4v) is 9.75. The monoisotopic (exact) mass is 550 g/mol. The van der Waals surface area contributed by atoms with Crippen LogP contribution in [0.3, 0.4) is 0 Å². The van der Waals surface area contributed by atoms with Crippen molar-refractivity contribution < 1.29 is 49.3 Å². The van der Waals surface area contributed by atoms with Gasteiger partial charge >= 0.3 is 5.97 Å². The van der Waals surface area contributed by atoms with Crippen molar-refractivity contribution in [1.29, 1.82) is 0 Å². The Labute approximate surface area is 228 Å². The second-order valence-electron chi connectivity index (χ2n) is 13.4. The van der Waals surface area contributed by atoms with Gasteiger partial charge in [-0.1, -0.05) is 6.92 Å². The number of esters is 1. The predicted molar refractivity (Wildman–Crippen MR) is 135 cm³/mol. The summed E-state index contributed by atoms with van der Waals surface area (Å²) in [6.45, 7) is 3.98. The minimum atomic E-state index is -1.43. The number of aldehydes is 1. The smallest absolute Gasteiger partial charge is 0.331 e. The van der Waals surface area contributed by atoms with Crippen LogP contribution >= 0.6 is 0 Å². The van der Waals surface area contributed by atoms with Crippen molar-refractivity contribution in [3.63, 3.8) is 0 Å². The molecule has 4 saturated carbocycles. The molecule has 6 aliphatic rings. The first kappa shape index (κ1) is 27.8. The summed E-state index contributed by atoms with van der Waals surface area (Å²) in [7, 11) is 0. The van der Waals surface area contributed by atoms with Crippen LogP contribution in [0, 0.1) is 28.6 Å². The Kier molecular flexibility index (Phi) is 6.62. The second-order valence-corrected chi connectivity index (χ2v) is 13.4. The van der Waals surface area contributed by atoms with Gasteiger partial charge in [-0.3, -0.25) is 0 Å². The highest BCUT2D eigenvalue weighted by molar-refractivity contribution is 5.85. The fourth-order valence-electron chi connectivity index (χ4n) is 9.75. The number of cyclic esters (lactones) is 1. The van der Waals surface area contributed by atoms with Gasteiger partial charge in [0.05, 0.1) is 28.8 Å². The average molecular weight is 551 g/mol. The Balaban J connectivity index is 1.22. The summed E-state index contributed by atoms with van der Waals surface area (Å²) in [5.74, 6) is -0.616. The third-order valence-corrected chi connectivity index (χ3v) is 12.0. The molecule has 0 radical (unpaired) electrons. The Morgan fingerprint density at radius 2 is 1.72 bits per heavy atom. The molecule has 0 unspecified atom stereocenters. The Morgan fingerprint density at radius 1 is 0.974 bits per heavy atom. The molecule has 10 heteroatoms. The number of carbonyl (C=O) groups excluding carboxylic acids is 2. The molecular weight excluding hydrogens is 508 g/mol. The highest BCUT2D eigenvalue weighted by Crippen LogP contribution is 2.70. The molecule has 0 aromatic rings. The van der Waals surface area contributed by atoms with Crippen molar-refractivity contribution in [1.82, 2.24) is 0 Å². The van der Waals surface area contributed by atoms with E-state index in [4.69, 9.17) is 14.2 Å². The lowest BCUT2D eigenvalue weighted by Gasteiger charge is -2.65. The summed E-state index contributed by atoms with van der Waals surface area (Å²) in [4.78, 5) is 24.8. The quantitative estimate of drug-likeness (QED) is 0.192. The van der Waals surface area contributed by atoms with Gasteiger partial charge in [-0.2, -0.15) is 0 Å². The Bertz CT molecular complexity index is 1050. The Hall–Kier alpha value is -1.40. The van der Waals surface area contributed by atoms with Crippen LogP contribution in [-0.2, 0) is 23.8 Å². The summed E-state index contributed by atoms with van der Waals surface area (Å²) in [5, 5.41) is 55.0. The van der Waals surface area contributed by atoms with Gasteiger partial charge in [-0.05, 0) is 81.6 Å². The molecule has 1 saturated heterocycles. The average Bonchev–Trinajstić information content (AvgIpc) is 3.45. The molecule has 2 aliphatic heterocycles. The minimum Gasteiger partial charge on any atom is -0.458 e. The van der Waals surface area contributed by atoms with Gasteiger partial charge in [-0.25, -0.2) is 4.79 Å². The van der Waals surface area contributed by atoms with Crippen molar-refractivity contribution in [3.05, 3.63) is 11.6 Å². The van der Waals surface area contributed by atoms with Gasteiger partial charge < -0.3 is 44.5 Å². The van der Waals surface area contributed by atoms with Gasteiger partial charge in [0.15, 0.2) is 6.29 Å². The largest absolute Gasteiger partial charge is 0.458 e. The van der Waals surface area contributed by atoms with E-state index in [2.05, 4.69) is 6.92 Å². The van der Waals surface area contributed by atoms with Crippen LogP contribution in [0.5, 0.6) is 0 Å². The summed E-state index contributed by atoms with van der Waals surface area (Å²) < 4.78 is 16.9. The van der Waals surface area contributed by atoms with Crippen LogP contribution in [0.15, 0.2) is 11.6 Å². The molecule has 5 fully saturated rings. The second kappa shape index (κ2) is 9.31. The first-order valence-corrected chi connectivity index (χ1v) is 14.5. The maximum Gasteiger partial charge on any atom is 0.331 e. The van der Waals surface area contributed by atoms with E-state index in [-0.39, 0.29) is 36.8 Å². The molecule has 13 atom stereocenters. The topological polar surface area (TPSA) is 163 Å². The maximum atomic E-state index is 13.0. The predicted octanol–water partition coefficient (Wildman–Crippen LogP) is 0.750. The van der Waals surface area contributed by atoms with Gasteiger partial charge in [0.25, 0.3) is 0 Å². The van der Waals surface area contributed by atoms with Crippen LogP contribution in [0.1, 0.15) is 71.6 Å². The van der Waals surface area contributed by atoms with E-state index in [0.717, 1.165) is 18.3 Å². The van der Waals surface area contributed by atoms with E-state index in [9.17, 15) is 35.1 Å². The van der Waals surface area contributed by atoms with Crippen molar-refractivity contribution in [2.24, 2.45) is 28.6 Å². The number of hydrogen-bond acceptors (Lipinski definition) is 10. The molecule has 2 heterocycles. The summed E-state index contributed by atoms with van der Waals surface area (Å²) >= 11 is 0. The molecule has 0 bridgehead atoms. The van der Waals surface area contributed by atoms with E-state index in [1.165, 1.54) is 0 Å².